The van der Waals surface area contributed by atoms with E-state index in [1.54, 1.807) is 28.6 Å². The van der Waals surface area contributed by atoms with Gasteiger partial charge in [-0.1, -0.05) is 25.0 Å². The minimum absolute atomic E-state index is 0.137. The highest BCUT2D eigenvalue weighted by molar-refractivity contribution is 7.89. The number of nitrogens with zero attached hydrogens (tertiary/aromatic N) is 2. The van der Waals surface area contributed by atoms with E-state index in [0.717, 1.165) is 57.2 Å². The summed E-state index contributed by atoms with van der Waals surface area (Å²) < 4.78 is 32.8. The van der Waals surface area contributed by atoms with Crippen molar-refractivity contribution < 1.29 is 22.7 Å². The molecule has 4 rings (SSSR count). The van der Waals surface area contributed by atoms with Crippen LogP contribution in [0.2, 0.25) is 0 Å². The Balaban J connectivity index is 1.25. The fourth-order valence-corrected chi connectivity index (χ4v) is 5.96. The second kappa shape index (κ2) is 11.7. The molecule has 2 aromatic rings. The standard InChI is InChI=1S/C26H33N3O5S/c30-25(27-22-9-7-21(8-10-22)19-26(31)28-15-5-6-16-28)20-34-23-11-13-24(14-12-23)35(32,33)29-17-3-1-2-4-18-29/h7-14H,1-6,15-20H2,(H,27,30). The van der Waals surface area contributed by atoms with Crippen LogP contribution in [-0.4, -0.2) is 62.2 Å². The largest absolute Gasteiger partial charge is 0.484 e. The van der Waals surface area contributed by atoms with E-state index >= 15 is 0 Å². The molecule has 0 spiro atoms. The Hall–Kier alpha value is -2.91. The van der Waals surface area contributed by atoms with E-state index in [9.17, 15) is 18.0 Å². The summed E-state index contributed by atoms with van der Waals surface area (Å²) in [5.41, 5.74) is 1.53. The van der Waals surface area contributed by atoms with Gasteiger partial charge >= 0.3 is 0 Å². The van der Waals surface area contributed by atoms with Crippen LogP contribution in [-0.2, 0) is 26.0 Å². The molecular formula is C26H33N3O5S. The van der Waals surface area contributed by atoms with Gasteiger partial charge in [-0.3, -0.25) is 9.59 Å². The van der Waals surface area contributed by atoms with Crippen LogP contribution < -0.4 is 10.1 Å². The van der Waals surface area contributed by atoms with Gasteiger partial charge in [-0.15, -0.1) is 0 Å². The van der Waals surface area contributed by atoms with Gasteiger partial charge in [0.05, 0.1) is 11.3 Å². The van der Waals surface area contributed by atoms with Gasteiger partial charge in [0.1, 0.15) is 5.75 Å². The number of likely N-dealkylation sites (tertiary alicyclic amines) is 1. The first kappa shape index (κ1) is 25.2. The quantitative estimate of drug-likeness (QED) is 0.600. The average Bonchev–Trinajstić information content (AvgIpc) is 3.26. The molecule has 2 saturated heterocycles. The average molecular weight is 500 g/mol. The summed E-state index contributed by atoms with van der Waals surface area (Å²) in [5, 5.41) is 2.77. The van der Waals surface area contributed by atoms with Gasteiger partial charge in [0.2, 0.25) is 15.9 Å². The molecule has 8 nitrogen and oxygen atoms in total. The number of amides is 2. The maximum atomic E-state index is 12.9. The predicted molar refractivity (Wildman–Crippen MR) is 134 cm³/mol. The van der Waals surface area contributed by atoms with Crippen molar-refractivity contribution in [3.8, 4) is 5.75 Å². The Morgan fingerprint density at radius 1 is 0.800 bits per heavy atom. The lowest BCUT2D eigenvalue weighted by Gasteiger charge is -2.20. The first-order valence-corrected chi connectivity index (χ1v) is 13.8. The summed E-state index contributed by atoms with van der Waals surface area (Å²) in [4.78, 5) is 26.7. The molecule has 0 aliphatic carbocycles. The minimum Gasteiger partial charge on any atom is -0.484 e. The molecule has 188 valence electrons. The van der Waals surface area contributed by atoms with Gasteiger partial charge in [-0.25, -0.2) is 8.42 Å². The monoisotopic (exact) mass is 499 g/mol. The third-order valence-corrected chi connectivity index (χ3v) is 8.36. The highest BCUT2D eigenvalue weighted by Crippen LogP contribution is 2.22. The van der Waals surface area contributed by atoms with Gasteiger partial charge in [0.25, 0.3) is 5.91 Å². The molecule has 2 amide bonds. The third-order valence-electron chi connectivity index (χ3n) is 6.45. The summed E-state index contributed by atoms with van der Waals surface area (Å²) >= 11 is 0. The Morgan fingerprint density at radius 2 is 1.40 bits per heavy atom. The normalized spacial score (nSPS) is 17.1. The number of benzene rings is 2. The highest BCUT2D eigenvalue weighted by Gasteiger charge is 2.25. The van der Waals surface area contributed by atoms with Crippen LogP contribution in [0.25, 0.3) is 0 Å². The summed E-state index contributed by atoms with van der Waals surface area (Å²) in [6, 6.07) is 13.4. The van der Waals surface area contributed by atoms with E-state index in [1.165, 1.54) is 12.1 Å². The third kappa shape index (κ3) is 6.82. The molecule has 0 unspecified atom stereocenters. The molecule has 2 aliphatic heterocycles. The highest BCUT2D eigenvalue weighted by atomic mass is 32.2. The van der Waals surface area contributed by atoms with Crippen LogP contribution in [0.1, 0.15) is 44.1 Å². The van der Waals surface area contributed by atoms with E-state index in [1.807, 2.05) is 17.0 Å². The van der Waals surface area contributed by atoms with E-state index in [0.29, 0.717) is 30.9 Å². The molecule has 0 bridgehead atoms. The lowest BCUT2D eigenvalue weighted by atomic mass is 10.1. The van der Waals surface area contributed by atoms with Crippen molar-refractivity contribution in [2.75, 3.05) is 38.1 Å². The number of carbonyl (C=O) groups excluding carboxylic acids is 2. The van der Waals surface area contributed by atoms with Crippen molar-refractivity contribution in [2.24, 2.45) is 0 Å². The minimum atomic E-state index is -3.52. The molecule has 9 heteroatoms. The van der Waals surface area contributed by atoms with E-state index < -0.39 is 10.0 Å². The molecule has 0 atom stereocenters. The number of sulfonamides is 1. The van der Waals surface area contributed by atoms with Gasteiger partial charge in [0.15, 0.2) is 6.61 Å². The molecule has 2 aromatic carbocycles. The molecular weight excluding hydrogens is 466 g/mol. The maximum absolute atomic E-state index is 12.9. The molecule has 2 heterocycles. The number of carbonyl (C=O) groups is 2. The molecule has 2 aliphatic rings. The topological polar surface area (TPSA) is 96.0 Å². The van der Waals surface area contributed by atoms with Gasteiger partial charge in [-0.2, -0.15) is 4.31 Å². The van der Waals surface area contributed by atoms with Gasteiger partial charge < -0.3 is 15.0 Å². The summed E-state index contributed by atoms with van der Waals surface area (Å²) in [7, 11) is -3.52. The van der Waals surface area contributed by atoms with Crippen LogP contribution in [0.4, 0.5) is 5.69 Å². The Morgan fingerprint density at radius 3 is 2.03 bits per heavy atom. The van der Waals surface area contributed by atoms with E-state index in [2.05, 4.69) is 5.32 Å². The van der Waals surface area contributed by atoms with Crippen molar-refractivity contribution >= 4 is 27.5 Å². The fourth-order valence-electron chi connectivity index (χ4n) is 4.44. The van der Waals surface area contributed by atoms with Crippen LogP contribution in [0.15, 0.2) is 53.4 Å². The molecule has 0 aromatic heterocycles. The van der Waals surface area contributed by atoms with Crippen molar-refractivity contribution in [3.05, 3.63) is 54.1 Å². The lowest BCUT2D eigenvalue weighted by molar-refractivity contribution is -0.129. The number of nitrogens with one attached hydrogen (secondary N) is 1. The van der Waals surface area contributed by atoms with Crippen LogP contribution in [0, 0.1) is 0 Å². The second-order valence-electron chi connectivity index (χ2n) is 9.09. The number of hydrogen-bond donors (Lipinski definition) is 1. The fraction of sp³-hybridized carbons (Fsp3) is 0.462. The molecule has 0 saturated carbocycles. The number of anilines is 1. The maximum Gasteiger partial charge on any atom is 0.262 e. The van der Waals surface area contributed by atoms with Gasteiger partial charge in [-0.05, 0) is 67.6 Å². The number of ether oxygens (including phenoxy) is 1. The van der Waals surface area contributed by atoms with Crippen LogP contribution in [0.5, 0.6) is 5.75 Å². The second-order valence-corrected chi connectivity index (χ2v) is 11.0. The zero-order valence-electron chi connectivity index (χ0n) is 19.9. The van der Waals surface area contributed by atoms with Crippen molar-refractivity contribution in [1.82, 2.24) is 9.21 Å². The molecule has 35 heavy (non-hydrogen) atoms. The Kier molecular flexibility index (Phi) is 8.41. The molecule has 0 radical (unpaired) electrons. The van der Waals surface area contributed by atoms with Crippen molar-refractivity contribution in [2.45, 2.75) is 49.8 Å². The van der Waals surface area contributed by atoms with Gasteiger partial charge in [0, 0.05) is 31.9 Å². The first-order chi connectivity index (χ1) is 16.9. The zero-order valence-corrected chi connectivity index (χ0v) is 20.8. The predicted octanol–water partition coefficient (Wildman–Crippen LogP) is 3.43. The summed E-state index contributed by atoms with van der Waals surface area (Å²) in [5.74, 6) is 0.232. The smallest absolute Gasteiger partial charge is 0.262 e. The Bertz CT molecular complexity index is 1100. The number of hydrogen-bond acceptors (Lipinski definition) is 5. The lowest BCUT2D eigenvalue weighted by Crippen LogP contribution is -2.31. The number of rotatable bonds is 8. The van der Waals surface area contributed by atoms with E-state index in [4.69, 9.17) is 4.74 Å². The first-order valence-electron chi connectivity index (χ1n) is 12.3. The van der Waals surface area contributed by atoms with E-state index in [-0.39, 0.29) is 23.3 Å². The van der Waals surface area contributed by atoms with Crippen LogP contribution in [0.3, 0.4) is 0 Å². The van der Waals surface area contributed by atoms with Crippen LogP contribution >= 0.6 is 0 Å². The zero-order chi connectivity index (χ0) is 24.7. The SMILES string of the molecule is O=C(COc1ccc(S(=O)(=O)N2CCCCCC2)cc1)Nc1ccc(CC(=O)N2CCCC2)cc1. The van der Waals surface area contributed by atoms with Crippen molar-refractivity contribution in [3.63, 3.8) is 0 Å². The summed E-state index contributed by atoms with van der Waals surface area (Å²) in [6.45, 7) is 2.58. The summed E-state index contributed by atoms with van der Waals surface area (Å²) in [6.07, 6.45) is 6.39. The molecule has 2 fully saturated rings. The Labute approximate surface area is 207 Å². The molecule has 1 N–H and O–H groups in total. The van der Waals surface area contributed by atoms with Crippen molar-refractivity contribution in [1.29, 1.82) is 0 Å².